The number of alkyl halides is 3. The van der Waals surface area contributed by atoms with Gasteiger partial charge in [-0.3, -0.25) is 14.7 Å². The first-order chi connectivity index (χ1) is 14.2. The standard InChI is InChI=1S/C21H18Cl3N2O3P/c22-21(23,24)17-13-11-16(12-14-17)20(15-26(27)28)25-30(29,18-7-3-1-4-8-18)19-9-5-2-6-10-19/h1-14,20H,15H2,(H,25,29). The molecule has 3 aromatic carbocycles. The molecular formula is C21H18Cl3N2O3P. The van der Waals surface area contributed by atoms with E-state index in [-0.39, 0.29) is 0 Å². The zero-order valence-electron chi connectivity index (χ0n) is 15.6. The van der Waals surface area contributed by atoms with Crippen molar-refractivity contribution < 1.29 is 9.49 Å². The number of halogens is 3. The molecule has 0 bridgehead atoms. The molecule has 0 heterocycles. The molecule has 156 valence electrons. The molecule has 5 nitrogen and oxygen atoms in total. The molecule has 0 fully saturated rings. The highest BCUT2D eigenvalue weighted by molar-refractivity contribution is 7.76. The van der Waals surface area contributed by atoms with Crippen LogP contribution in [0.1, 0.15) is 17.2 Å². The second kappa shape index (κ2) is 9.51. The van der Waals surface area contributed by atoms with Gasteiger partial charge in [-0.2, -0.15) is 0 Å². The molecular weight excluding hydrogens is 466 g/mol. The van der Waals surface area contributed by atoms with E-state index in [9.17, 15) is 14.7 Å². The van der Waals surface area contributed by atoms with Crippen LogP contribution in [0.5, 0.6) is 0 Å². The minimum atomic E-state index is -3.38. The van der Waals surface area contributed by atoms with Crippen LogP contribution in [0.3, 0.4) is 0 Å². The Balaban J connectivity index is 2.04. The molecule has 0 aliphatic carbocycles. The van der Waals surface area contributed by atoms with Gasteiger partial charge in [0.05, 0.1) is 0 Å². The highest BCUT2D eigenvalue weighted by Crippen LogP contribution is 2.42. The predicted octanol–water partition coefficient (Wildman–Crippen LogP) is 5.35. The average Bonchev–Trinajstić information content (AvgIpc) is 2.73. The average molecular weight is 484 g/mol. The summed E-state index contributed by atoms with van der Waals surface area (Å²) >= 11 is 17.7. The molecule has 3 aromatic rings. The van der Waals surface area contributed by atoms with Crippen LogP contribution in [0.2, 0.25) is 0 Å². The SMILES string of the molecule is O=[N+]([O-])CC(NP(=O)(c1ccccc1)c1ccccc1)c1ccc(C(Cl)(Cl)Cl)cc1. The predicted molar refractivity (Wildman–Crippen MR) is 123 cm³/mol. The first-order valence-electron chi connectivity index (χ1n) is 8.98. The van der Waals surface area contributed by atoms with E-state index in [1.165, 1.54) is 0 Å². The fourth-order valence-corrected chi connectivity index (χ4v) is 5.90. The van der Waals surface area contributed by atoms with Gasteiger partial charge in [0.1, 0.15) is 6.04 Å². The number of rotatable bonds is 7. The monoisotopic (exact) mass is 482 g/mol. The molecule has 1 unspecified atom stereocenters. The molecule has 0 spiro atoms. The highest BCUT2D eigenvalue weighted by Gasteiger charge is 2.33. The summed E-state index contributed by atoms with van der Waals surface area (Å²) in [7, 11) is -3.38. The van der Waals surface area contributed by atoms with Crippen LogP contribution in [0.25, 0.3) is 0 Å². The summed E-state index contributed by atoms with van der Waals surface area (Å²) in [6.07, 6.45) is 0. The van der Waals surface area contributed by atoms with Crippen molar-refractivity contribution in [3.63, 3.8) is 0 Å². The van der Waals surface area contributed by atoms with Gasteiger partial charge >= 0.3 is 0 Å². The summed E-state index contributed by atoms with van der Waals surface area (Å²) in [5, 5.41) is 15.6. The summed E-state index contributed by atoms with van der Waals surface area (Å²) in [6.45, 7) is -0.462. The lowest BCUT2D eigenvalue weighted by atomic mass is 10.1. The normalized spacial score (nSPS) is 13.0. The third-order valence-electron chi connectivity index (χ3n) is 4.55. The lowest BCUT2D eigenvalue weighted by Gasteiger charge is -2.25. The van der Waals surface area contributed by atoms with Gasteiger partial charge in [0, 0.05) is 21.1 Å². The minimum absolute atomic E-state index is 0.436. The Morgan fingerprint density at radius 1 is 0.867 bits per heavy atom. The van der Waals surface area contributed by atoms with Crippen LogP contribution >= 0.6 is 42.1 Å². The zero-order chi connectivity index (χ0) is 21.8. The van der Waals surface area contributed by atoms with Crippen molar-refractivity contribution in [2.45, 2.75) is 9.83 Å². The Labute approximate surface area is 189 Å². The number of nitrogens with one attached hydrogen (secondary N) is 1. The molecule has 1 atom stereocenters. The van der Waals surface area contributed by atoms with Crippen LogP contribution in [-0.2, 0) is 8.36 Å². The van der Waals surface area contributed by atoms with Gasteiger partial charge in [0.2, 0.25) is 17.6 Å². The van der Waals surface area contributed by atoms with Crippen molar-refractivity contribution in [2.75, 3.05) is 6.54 Å². The summed E-state index contributed by atoms with van der Waals surface area (Å²) < 4.78 is 12.6. The third kappa shape index (κ3) is 5.42. The number of hydrogen-bond acceptors (Lipinski definition) is 3. The molecule has 0 amide bonds. The van der Waals surface area contributed by atoms with E-state index in [0.29, 0.717) is 21.7 Å². The molecule has 9 heteroatoms. The van der Waals surface area contributed by atoms with Gasteiger partial charge in [-0.15, -0.1) is 0 Å². The molecule has 0 saturated carbocycles. The van der Waals surface area contributed by atoms with E-state index in [4.69, 9.17) is 34.8 Å². The number of benzene rings is 3. The van der Waals surface area contributed by atoms with Crippen molar-refractivity contribution >= 4 is 52.7 Å². The maximum Gasteiger partial charge on any atom is 0.223 e. The van der Waals surface area contributed by atoms with E-state index in [0.717, 1.165) is 0 Å². The van der Waals surface area contributed by atoms with Gasteiger partial charge in [-0.1, -0.05) is 95.5 Å². The smallest absolute Gasteiger partial charge is 0.223 e. The van der Waals surface area contributed by atoms with Crippen LogP contribution in [0.4, 0.5) is 0 Å². The largest absolute Gasteiger partial charge is 0.296 e. The quantitative estimate of drug-likeness (QED) is 0.213. The van der Waals surface area contributed by atoms with Crippen molar-refractivity contribution in [1.82, 2.24) is 5.09 Å². The van der Waals surface area contributed by atoms with Crippen LogP contribution < -0.4 is 15.7 Å². The zero-order valence-corrected chi connectivity index (χ0v) is 18.8. The summed E-state index contributed by atoms with van der Waals surface area (Å²) in [6, 6.07) is 23.4. The van der Waals surface area contributed by atoms with Crippen LogP contribution in [0, 0.1) is 10.1 Å². The topological polar surface area (TPSA) is 72.2 Å². The van der Waals surface area contributed by atoms with Gasteiger partial charge < -0.3 is 0 Å². The van der Waals surface area contributed by atoms with Crippen LogP contribution in [-0.4, -0.2) is 11.5 Å². The van der Waals surface area contributed by atoms with E-state index in [2.05, 4.69) is 5.09 Å². The Hall–Kier alpha value is -1.88. The molecule has 3 rings (SSSR count). The highest BCUT2D eigenvalue weighted by atomic mass is 35.6. The fraction of sp³-hybridized carbons (Fsp3) is 0.143. The third-order valence-corrected chi connectivity index (χ3v) is 7.93. The molecule has 0 saturated heterocycles. The molecule has 0 aliphatic rings. The van der Waals surface area contributed by atoms with Crippen molar-refractivity contribution in [2.24, 2.45) is 0 Å². The van der Waals surface area contributed by atoms with E-state index in [1.54, 1.807) is 72.8 Å². The summed E-state index contributed by atoms with van der Waals surface area (Å²) in [5.41, 5.74) is 1.00. The van der Waals surface area contributed by atoms with Crippen molar-refractivity contribution in [3.8, 4) is 0 Å². The van der Waals surface area contributed by atoms with E-state index in [1.807, 2.05) is 12.1 Å². The molecule has 1 N–H and O–H groups in total. The van der Waals surface area contributed by atoms with Gasteiger partial charge in [0.25, 0.3) is 0 Å². The fourth-order valence-electron chi connectivity index (χ4n) is 3.07. The maximum absolute atomic E-state index is 14.2. The molecule has 0 aliphatic heterocycles. The first kappa shape index (κ1) is 22.8. The van der Waals surface area contributed by atoms with E-state index < -0.39 is 28.6 Å². The Bertz CT molecular complexity index is 999. The lowest BCUT2D eigenvalue weighted by molar-refractivity contribution is -0.483. The Morgan fingerprint density at radius 2 is 1.33 bits per heavy atom. The van der Waals surface area contributed by atoms with Gasteiger partial charge in [-0.05, 0) is 29.8 Å². The minimum Gasteiger partial charge on any atom is -0.296 e. The summed E-state index contributed by atoms with van der Waals surface area (Å²) in [5.74, 6) is 0. The van der Waals surface area contributed by atoms with Crippen molar-refractivity contribution in [1.29, 1.82) is 0 Å². The molecule has 0 radical (unpaired) electrons. The molecule has 0 aromatic heterocycles. The Morgan fingerprint density at radius 3 is 1.73 bits per heavy atom. The number of nitrogens with zero attached hydrogens (tertiary/aromatic N) is 1. The second-order valence-electron chi connectivity index (χ2n) is 6.60. The lowest BCUT2D eigenvalue weighted by Crippen LogP contribution is -2.33. The van der Waals surface area contributed by atoms with Crippen LogP contribution in [0.15, 0.2) is 84.9 Å². The van der Waals surface area contributed by atoms with E-state index >= 15 is 0 Å². The maximum atomic E-state index is 14.2. The van der Waals surface area contributed by atoms with Gasteiger partial charge in [-0.25, -0.2) is 5.09 Å². The summed E-state index contributed by atoms with van der Waals surface area (Å²) in [4.78, 5) is 10.9. The molecule has 30 heavy (non-hydrogen) atoms. The second-order valence-corrected chi connectivity index (χ2v) is 11.4. The number of hydrogen-bond donors (Lipinski definition) is 1. The number of nitro groups is 1. The Kier molecular flexibility index (Phi) is 7.22. The first-order valence-corrected chi connectivity index (χ1v) is 11.8. The van der Waals surface area contributed by atoms with Gasteiger partial charge in [0.15, 0.2) is 0 Å². The van der Waals surface area contributed by atoms with Crippen molar-refractivity contribution in [3.05, 3.63) is 106 Å².